The molecule has 0 aliphatic carbocycles. The van der Waals surface area contributed by atoms with Crippen molar-refractivity contribution < 1.29 is 13.6 Å². The molecule has 0 atom stereocenters. The summed E-state index contributed by atoms with van der Waals surface area (Å²) in [5, 5.41) is 5.74. The van der Waals surface area contributed by atoms with Crippen molar-refractivity contribution in [2.45, 2.75) is 13.8 Å². The first-order valence-electron chi connectivity index (χ1n) is 9.33. The van der Waals surface area contributed by atoms with E-state index in [4.69, 9.17) is 0 Å². The summed E-state index contributed by atoms with van der Waals surface area (Å²) < 4.78 is 26.4. The molecule has 0 aliphatic rings. The van der Waals surface area contributed by atoms with Crippen LogP contribution in [0.3, 0.4) is 0 Å². The van der Waals surface area contributed by atoms with Crippen LogP contribution in [0.5, 0.6) is 0 Å². The number of pyridine rings is 1. The number of anilines is 4. The lowest BCUT2D eigenvalue weighted by Crippen LogP contribution is -2.21. The van der Waals surface area contributed by atoms with Crippen molar-refractivity contribution in [3.8, 4) is 0 Å². The van der Waals surface area contributed by atoms with Gasteiger partial charge in [-0.1, -0.05) is 0 Å². The average molecular weight is 396 g/mol. The van der Waals surface area contributed by atoms with Gasteiger partial charge in [0, 0.05) is 42.4 Å². The first-order valence-corrected chi connectivity index (χ1v) is 9.33. The van der Waals surface area contributed by atoms with Crippen molar-refractivity contribution in [1.29, 1.82) is 0 Å². The van der Waals surface area contributed by atoms with E-state index in [1.165, 1.54) is 18.5 Å². The smallest absolute Gasteiger partial charge is 0.257 e. The topological polar surface area (TPSA) is 57.3 Å². The number of carbonyl (C=O) groups is 1. The third kappa shape index (κ3) is 5.07. The van der Waals surface area contributed by atoms with Gasteiger partial charge in [0.2, 0.25) is 0 Å². The molecule has 29 heavy (non-hydrogen) atoms. The molecule has 2 aromatic carbocycles. The lowest BCUT2D eigenvalue weighted by Gasteiger charge is -2.21. The van der Waals surface area contributed by atoms with Crippen molar-refractivity contribution in [2.75, 3.05) is 28.6 Å². The summed E-state index contributed by atoms with van der Waals surface area (Å²) in [4.78, 5) is 18.8. The van der Waals surface area contributed by atoms with Gasteiger partial charge in [-0.25, -0.2) is 8.78 Å². The second-order valence-electron chi connectivity index (χ2n) is 6.39. The number of hydrogen-bond acceptors (Lipinski definition) is 4. The summed E-state index contributed by atoms with van der Waals surface area (Å²) in [5.41, 5.74) is 2.94. The average Bonchev–Trinajstić information content (AvgIpc) is 2.73. The lowest BCUT2D eigenvalue weighted by molar-refractivity contribution is 0.102. The number of nitrogens with one attached hydrogen (secondary N) is 2. The maximum Gasteiger partial charge on any atom is 0.257 e. The van der Waals surface area contributed by atoms with Crippen LogP contribution in [0.15, 0.2) is 60.9 Å². The largest absolute Gasteiger partial charge is 0.372 e. The molecular weight excluding hydrogens is 374 g/mol. The van der Waals surface area contributed by atoms with Gasteiger partial charge in [-0.3, -0.25) is 9.78 Å². The highest BCUT2D eigenvalue weighted by Crippen LogP contribution is 2.21. The fourth-order valence-electron chi connectivity index (χ4n) is 2.92. The molecule has 2 N–H and O–H groups in total. The molecular formula is C22H22F2N4O. The zero-order valence-electron chi connectivity index (χ0n) is 16.2. The highest BCUT2D eigenvalue weighted by Gasteiger charge is 2.09. The molecule has 0 spiro atoms. The highest BCUT2D eigenvalue weighted by atomic mass is 19.2. The van der Waals surface area contributed by atoms with Crippen LogP contribution in [0, 0.1) is 11.6 Å². The van der Waals surface area contributed by atoms with Crippen molar-refractivity contribution >= 4 is 28.7 Å². The third-order valence-electron chi connectivity index (χ3n) is 4.46. The normalized spacial score (nSPS) is 10.5. The zero-order valence-corrected chi connectivity index (χ0v) is 16.2. The Morgan fingerprint density at radius 1 is 0.897 bits per heavy atom. The van der Waals surface area contributed by atoms with E-state index in [0.717, 1.165) is 30.9 Å². The molecule has 0 aliphatic heterocycles. The molecule has 0 bridgehead atoms. The van der Waals surface area contributed by atoms with Gasteiger partial charge in [-0.05, 0) is 56.3 Å². The molecule has 0 radical (unpaired) electrons. The molecule has 1 aromatic heterocycles. The molecule has 1 heterocycles. The number of benzene rings is 2. The fourth-order valence-corrected chi connectivity index (χ4v) is 2.92. The Labute approximate surface area is 168 Å². The minimum Gasteiger partial charge on any atom is -0.372 e. The van der Waals surface area contributed by atoms with E-state index in [-0.39, 0.29) is 5.91 Å². The molecule has 0 unspecified atom stereocenters. The van der Waals surface area contributed by atoms with E-state index in [1.54, 1.807) is 6.07 Å². The number of aromatic nitrogens is 1. The van der Waals surface area contributed by atoms with Gasteiger partial charge < -0.3 is 15.5 Å². The number of amides is 1. The molecule has 7 heteroatoms. The Balaban J connectivity index is 1.69. The van der Waals surface area contributed by atoms with Crippen molar-refractivity contribution in [3.05, 3.63) is 78.1 Å². The Hall–Kier alpha value is -3.48. The van der Waals surface area contributed by atoms with E-state index in [9.17, 15) is 13.6 Å². The van der Waals surface area contributed by atoms with Crippen molar-refractivity contribution in [3.63, 3.8) is 0 Å². The van der Waals surface area contributed by atoms with Crippen molar-refractivity contribution in [1.82, 2.24) is 4.98 Å². The minimum absolute atomic E-state index is 0.318. The second kappa shape index (κ2) is 9.14. The summed E-state index contributed by atoms with van der Waals surface area (Å²) in [6.07, 6.45) is 2.94. The molecule has 0 saturated heterocycles. The SMILES string of the molecule is CCN(CC)c1ccc(NC(=O)c2cncc(Nc3ccc(F)c(F)c3)c2)cc1. The predicted molar refractivity (Wildman–Crippen MR) is 112 cm³/mol. The fraction of sp³-hybridized carbons (Fsp3) is 0.182. The summed E-state index contributed by atoms with van der Waals surface area (Å²) in [7, 11) is 0. The van der Waals surface area contributed by atoms with Crippen LogP contribution < -0.4 is 15.5 Å². The molecule has 3 aromatic rings. The maximum absolute atomic E-state index is 13.4. The Morgan fingerprint density at radius 2 is 1.59 bits per heavy atom. The van der Waals surface area contributed by atoms with Crippen LogP contribution in [0.1, 0.15) is 24.2 Å². The van der Waals surface area contributed by atoms with E-state index < -0.39 is 11.6 Å². The number of rotatable bonds is 7. The van der Waals surface area contributed by atoms with Crippen LogP contribution >= 0.6 is 0 Å². The van der Waals surface area contributed by atoms with Gasteiger partial charge in [0.15, 0.2) is 11.6 Å². The quantitative estimate of drug-likeness (QED) is 0.576. The number of hydrogen-bond donors (Lipinski definition) is 2. The molecule has 3 rings (SSSR count). The lowest BCUT2D eigenvalue weighted by atomic mass is 10.2. The van der Waals surface area contributed by atoms with Crippen LogP contribution in [-0.4, -0.2) is 24.0 Å². The van der Waals surface area contributed by atoms with Crippen molar-refractivity contribution in [2.24, 2.45) is 0 Å². The molecule has 1 amide bonds. The first kappa shape index (κ1) is 20.3. The second-order valence-corrected chi connectivity index (χ2v) is 6.39. The molecule has 0 saturated carbocycles. The van der Waals surface area contributed by atoms with Crippen LogP contribution in [0.2, 0.25) is 0 Å². The highest BCUT2D eigenvalue weighted by molar-refractivity contribution is 6.04. The van der Waals surface area contributed by atoms with Crippen LogP contribution in [-0.2, 0) is 0 Å². The Bertz CT molecular complexity index is 988. The standard InChI is InChI=1S/C22H22F2N4O/c1-3-28(4-2)19-8-5-16(6-9-19)27-22(29)15-11-18(14-25-13-15)26-17-7-10-20(23)21(24)12-17/h5-14,26H,3-4H2,1-2H3,(H,27,29). The number of nitrogens with zero attached hydrogens (tertiary/aromatic N) is 2. The van der Waals surface area contributed by atoms with E-state index in [1.807, 2.05) is 24.3 Å². The monoisotopic (exact) mass is 396 g/mol. The number of carbonyl (C=O) groups excluding carboxylic acids is 1. The molecule has 150 valence electrons. The van der Waals surface area contributed by atoms with Gasteiger partial charge in [-0.2, -0.15) is 0 Å². The first-order chi connectivity index (χ1) is 14.0. The molecule has 5 nitrogen and oxygen atoms in total. The Morgan fingerprint density at radius 3 is 2.24 bits per heavy atom. The van der Waals surface area contributed by atoms with Gasteiger partial charge in [0.1, 0.15) is 0 Å². The summed E-state index contributed by atoms with van der Waals surface area (Å²) >= 11 is 0. The third-order valence-corrected chi connectivity index (χ3v) is 4.46. The summed E-state index contributed by atoms with van der Waals surface area (Å²) in [6.45, 7) is 6.00. The zero-order chi connectivity index (χ0) is 20.8. The Kier molecular flexibility index (Phi) is 6.39. The summed E-state index contributed by atoms with van der Waals surface area (Å²) in [6, 6.07) is 12.7. The van der Waals surface area contributed by atoms with Gasteiger partial charge >= 0.3 is 0 Å². The van der Waals surface area contributed by atoms with E-state index in [2.05, 4.69) is 34.4 Å². The summed E-state index contributed by atoms with van der Waals surface area (Å²) in [5.74, 6) is -2.19. The van der Waals surface area contributed by atoms with Crippen LogP contribution in [0.4, 0.5) is 31.5 Å². The van der Waals surface area contributed by atoms with Crippen LogP contribution in [0.25, 0.3) is 0 Å². The van der Waals surface area contributed by atoms with Gasteiger partial charge in [0.05, 0.1) is 17.4 Å². The minimum atomic E-state index is -0.954. The predicted octanol–water partition coefficient (Wildman–Crippen LogP) is 5.20. The van der Waals surface area contributed by atoms with E-state index in [0.29, 0.717) is 22.6 Å². The van der Waals surface area contributed by atoms with Gasteiger partial charge in [-0.15, -0.1) is 0 Å². The number of halogens is 2. The maximum atomic E-state index is 13.4. The molecule has 0 fully saturated rings. The van der Waals surface area contributed by atoms with E-state index >= 15 is 0 Å². The van der Waals surface area contributed by atoms with Gasteiger partial charge in [0.25, 0.3) is 5.91 Å².